The maximum absolute atomic E-state index is 5.72. The molecule has 1 unspecified atom stereocenters. The number of hydrogen-bond acceptors (Lipinski definition) is 6. The van der Waals surface area contributed by atoms with Crippen molar-refractivity contribution >= 4 is 5.82 Å². The van der Waals surface area contributed by atoms with Crippen molar-refractivity contribution < 1.29 is 4.74 Å². The van der Waals surface area contributed by atoms with Crippen LogP contribution >= 0.6 is 0 Å². The number of rotatable bonds is 4. The second-order valence-corrected chi connectivity index (χ2v) is 6.55. The van der Waals surface area contributed by atoms with Gasteiger partial charge < -0.3 is 9.64 Å². The van der Waals surface area contributed by atoms with Gasteiger partial charge in [0.05, 0.1) is 25.5 Å². The predicted octanol–water partition coefficient (Wildman–Crippen LogP) is 1.38. The molecule has 0 N–H and O–H groups in total. The Morgan fingerprint density at radius 1 is 1.25 bits per heavy atom. The molecular weight excluding hydrogens is 304 g/mol. The van der Waals surface area contributed by atoms with Gasteiger partial charge in [-0.1, -0.05) is 0 Å². The van der Waals surface area contributed by atoms with E-state index in [2.05, 4.69) is 26.1 Å². The van der Waals surface area contributed by atoms with Crippen LogP contribution in [0, 0.1) is 0 Å². The molecule has 4 heterocycles. The quantitative estimate of drug-likeness (QED) is 0.845. The van der Waals surface area contributed by atoms with Crippen molar-refractivity contribution in [2.45, 2.75) is 25.4 Å². The lowest BCUT2D eigenvalue weighted by molar-refractivity contribution is -0.0159. The van der Waals surface area contributed by atoms with Gasteiger partial charge in [-0.3, -0.25) is 9.58 Å². The summed E-state index contributed by atoms with van der Waals surface area (Å²) in [5.74, 6) is 1.91. The van der Waals surface area contributed by atoms with E-state index in [0.717, 1.165) is 44.4 Å². The number of nitrogens with zero attached hydrogens (tertiary/aromatic N) is 6. The van der Waals surface area contributed by atoms with Gasteiger partial charge in [0.25, 0.3) is 0 Å². The smallest absolute Gasteiger partial charge is 0.150 e. The zero-order chi connectivity index (χ0) is 16.4. The minimum absolute atomic E-state index is 0.0986. The van der Waals surface area contributed by atoms with Crippen LogP contribution in [0.25, 0.3) is 0 Å². The lowest BCUT2D eigenvalue weighted by Gasteiger charge is -2.34. The van der Waals surface area contributed by atoms with Crippen LogP contribution < -0.4 is 4.90 Å². The maximum Gasteiger partial charge on any atom is 0.150 e. The molecule has 2 aromatic rings. The third kappa shape index (κ3) is 3.27. The van der Waals surface area contributed by atoms with Gasteiger partial charge in [0.2, 0.25) is 0 Å². The van der Waals surface area contributed by atoms with Gasteiger partial charge >= 0.3 is 0 Å². The number of morpholine rings is 1. The molecule has 1 atom stereocenters. The molecule has 7 nitrogen and oxygen atoms in total. The van der Waals surface area contributed by atoms with E-state index in [4.69, 9.17) is 9.72 Å². The van der Waals surface area contributed by atoms with E-state index in [1.54, 1.807) is 0 Å². The van der Waals surface area contributed by atoms with Gasteiger partial charge in [0.1, 0.15) is 11.6 Å². The number of aryl methyl sites for hydroxylation is 1. The predicted molar refractivity (Wildman–Crippen MR) is 90.7 cm³/mol. The summed E-state index contributed by atoms with van der Waals surface area (Å²) in [5.41, 5.74) is 1.21. The minimum Gasteiger partial charge on any atom is -0.378 e. The Balaban J connectivity index is 1.54. The van der Waals surface area contributed by atoms with Crippen LogP contribution in [-0.2, 0) is 18.3 Å². The molecule has 2 aromatic heterocycles. The molecule has 0 spiro atoms. The van der Waals surface area contributed by atoms with Crippen molar-refractivity contribution in [3.8, 4) is 0 Å². The molecule has 24 heavy (non-hydrogen) atoms. The molecule has 128 valence electrons. The molecule has 2 saturated heterocycles. The van der Waals surface area contributed by atoms with Gasteiger partial charge in [-0.25, -0.2) is 9.97 Å². The van der Waals surface area contributed by atoms with Crippen molar-refractivity contribution in [3.63, 3.8) is 0 Å². The normalized spacial score (nSPS) is 22.2. The van der Waals surface area contributed by atoms with E-state index in [1.165, 1.54) is 18.4 Å². The average molecular weight is 328 g/mol. The first-order chi connectivity index (χ1) is 11.8. The number of ether oxygens (including phenoxy) is 1. The Morgan fingerprint density at radius 3 is 2.92 bits per heavy atom. The van der Waals surface area contributed by atoms with Crippen LogP contribution in [0.4, 0.5) is 5.82 Å². The highest BCUT2D eigenvalue weighted by Crippen LogP contribution is 2.25. The zero-order valence-electron chi connectivity index (χ0n) is 14.1. The van der Waals surface area contributed by atoms with E-state index in [-0.39, 0.29) is 6.04 Å². The number of anilines is 1. The molecule has 2 aliphatic rings. The van der Waals surface area contributed by atoms with Crippen LogP contribution in [0.1, 0.15) is 30.3 Å². The lowest BCUT2D eigenvalue weighted by Crippen LogP contribution is -2.40. The van der Waals surface area contributed by atoms with Gasteiger partial charge in [0.15, 0.2) is 0 Å². The third-order valence-electron chi connectivity index (χ3n) is 4.77. The molecule has 7 heteroatoms. The van der Waals surface area contributed by atoms with Gasteiger partial charge in [-0.2, -0.15) is 5.10 Å². The number of aromatic nitrogens is 4. The summed E-state index contributed by atoms with van der Waals surface area (Å²) in [5, 5.41) is 4.27. The Morgan fingerprint density at radius 2 is 2.12 bits per heavy atom. The fourth-order valence-electron chi connectivity index (χ4n) is 3.50. The molecule has 4 rings (SSSR count). The fraction of sp³-hybridized carbons (Fsp3) is 0.588. The first-order valence-electron chi connectivity index (χ1n) is 8.67. The van der Waals surface area contributed by atoms with Crippen molar-refractivity contribution in [3.05, 3.63) is 36.0 Å². The Kier molecular flexibility index (Phi) is 4.44. The molecule has 0 amide bonds. The van der Waals surface area contributed by atoms with Crippen LogP contribution in [-0.4, -0.2) is 57.5 Å². The summed E-state index contributed by atoms with van der Waals surface area (Å²) in [6.07, 6.45) is 8.37. The highest BCUT2D eigenvalue weighted by molar-refractivity contribution is 5.38. The SMILES string of the molecule is Cn1cc(CN2CCOCC2c2nccc(N3CCCC3)n2)cn1. The van der Waals surface area contributed by atoms with Crippen molar-refractivity contribution in [1.82, 2.24) is 24.6 Å². The monoisotopic (exact) mass is 328 g/mol. The van der Waals surface area contributed by atoms with Crippen molar-refractivity contribution in [1.29, 1.82) is 0 Å². The fourth-order valence-corrected chi connectivity index (χ4v) is 3.50. The molecule has 2 fully saturated rings. The molecule has 0 aromatic carbocycles. The largest absolute Gasteiger partial charge is 0.378 e. The standard InChI is InChI=1S/C17H24N6O/c1-21-11-14(10-19-21)12-23-8-9-24-13-15(23)17-18-5-4-16(20-17)22-6-2-3-7-22/h4-5,10-11,15H,2-3,6-9,12-13H2,1H3. The summed E-state index contributed by atoms with van der Waals surface area (Å²) < 4.78 is 7.56. The van der Waals surface area contributed by atoms with Gasteiger partial charge in [-0.15, -0.1) is 0 Å². The van der Waals surface area contributed by atoms with E-state index in [9.17, 15) is 0 Å². The average Bonchev–Trinajstić information content (AvgIpc) is 3.28. The highest BCUT2D eigenvalue weighted by Gasteiger charge is 2.28. The summed E-state index contributed by atoms with van der Waals surface area (Å²) in [4.78, 5) is 14.1. The maximum atomic E-state index is 5.72. The molecule has 0 radical (unpaired) electrons. The van der Waals surface area contributed by atoms with Crippen LogP contribution in [0.3, 0.4) is 0 Å². The van der Waals surface area contributed by atoms with E-state index >= 15 is 0 Å². The van der Waals surface area contributed by atoms with Crippen molar-refractivity contribution in [2.75, 3.05) is 37.7 Å². The Bertz CT molecular complexity index is 681. The van der Waals surface area contributed by atoms with Crippen LogP contribution in [0.2, 0.25) is 0 Å². The molecule has 0 saturated carbocycles. The van der Waals surface area contributed by atoms with Crippen LogP contribution in [0.5, 0.6) is 0 Å². The van der Waals surface area contributed by atoms with Crippen molar-refractivity contribution in [2.24, 2.45) is 7.05 Å². The molecule has 0 bridgehead atoms. The van der Waals surface area contributed by atoms with Gasteiger partial charge in [0, 0.05) is 51.2 Å². The summed E-state index contributed by atoms with van der Waals surface area (Å²) in [6.45, 7) is 5.32. The minimum atomic E-state index is 0.0986. The zero-order valence-corrected chi connectivity index (χ0v) is 14.1. The lowest BCUT2D eigenvalue weighted by atomic mass is 10.2. The van der Waals surface area contributed by atoms with E-state index in [1.807, 2.05) is 30.2 Å². The third-order valence-corrected chi connectivity index (χ3v) is 4.77. The summed E-state index contributed by atoms with van der Waals surface area (Å²) in [7, 11) is 1.95. The Hall–Kier alpha value is -1.99. The van der Waals surface area contributed by atoms with Crippen LogP contribution in [0.15, 0.2) is 24.7 Å². The highest BCUT2D eigenvalue weighted by atomic mass is 16.5. The first kappa shape index (κ1) is 15.5. The van der Waals surface area contributed by atoms with E-state index in [0.29, 0.717) is 6.61 Å². The van der Waals surface area contributed by atoms with Gasteiger partial charge in [-0.05, 0) is 18.9 Å². The second kappa shape index (κ2) is 6.86. The number of hydrogen-bond donors (Lipinski definition) is 0. The molecular formula is C17H24N6O. The topological polar surface area (TPSA) is 59.3 Å². The first-order valence-corrected chi connectivity index (χ1v) is 8.67. The summed E-state index contributed by atoms with van der Waals surface area (Å²) >= 11 is 0. The second-order valence-electron chi connectivity index (χ2n) is 6.55. The molecule has 0 aliphatic carbocycles. The Labute approximate surface area is 142 Å². The van der Waals surface area contributed by atoms with E-state index < -0.39 is 0 Å². The molecule has 2 aliphatic heterocycles. The summed E-state index contributed by atoms with van der Waals surface area (Å²) in [6, 6.07) is 2.12.